The van der Waals surface area contributed by atoms with Crippen molar-refractivity contribution in [2.75, 3.05) is 0 Å². The predicted octanol–water partition coefficient (Wildman–Crippen LogP) is 7.69. The average Bonchev–Trinajstić information content (AvgIpc) is 3.31. The van der Waals surface area contributed by atoms with Gasteiger partial charge in [0.2, 0.25) is 0 Å². The summed E-state index contributed by atoms with van der Waals surface area (Å²) in [6, 6.07) is 32.7. The Labute approximate surface area is 205 Å². The van der Waals surface area contributed by atoms with Crippen LogP contribution in [0.15, 0.2) is 91.0 Å². The SMILES string of the molecule is CC1(C)OB(c2ccc3sc4ccc(-c5cccc(-c6ccccc6)c5)cc4c3c2)OC1(C)C. The number of hydrogen-bond acceptors (Lipinski definition) is 3. The van der Waals surface area contributed by atoms with Crippen molar-refractivity contribution in [3.05, 3.63) is 91.0 Å². The molecule has 0 spiro atoms. The van der Waals surface area contributed by atoms with Crippen LogP contribution in [-0.2, 0) is 9.31 Å². The third-order valence-corrected chi connectivity index (χ3v) is 8.47. The molecule has 0 saturated carbocycles. The molecule has 0 bridgehead atoms. The Morgan fingerprint density at radius 1 is 0.559 bits per heavy atom. The van der Waals surface area contributed by atoms with E-state index in [1.54, 1.807) is 0 Å². The Kier molecular flexibility index (Phi) is 4.96. The van der Waals surface area contributed by atoms with Crippen LogP contribution in [0.25, 0.3) is 42.4 Å². The van der Waals surface area contributed by atoms with E-state index in [1.807, 2.05) is 11.3 Å². The normalized spacial score (nSPS) is 17.0. The van der Waals surface area contributed by atoms with Gasteiger partial charge in [-0.3, -0.25) is 0 Å². The van der Waals surface area contributed by atoms with Crippen molar-refractivity contribution in [1.82, 2.24) is 0 Å². The van der Waals surface area contributed by atoms with Crippen LogP contribution in [0.2, 0.25) is 0 Å². The summed E-state index contributed by atoms with van der Waals surface area (Å²) in [5.41, 5.74) is 5.30. The zero-order chi connectivity index (χ0) is 23.5. The van der Waals surface area contributed by atoms with Gasteiger partial charge in [-0.1, -0.05) is 66.7 Å². The van der Waals surface area contributed by atoms with Gasteiger partial charge in [-0.15, -0.1) is 11.3 Å². The first-order valence-electron chi connectivity index (χ1n) is 11.8. The van der Waals surface area contributed by atoms with Gasteiger partial charge in [0.05, 0.1) is 11.2 Å². The average molecular weight is 462 g/mol. The van der Waals surface area contributed by atoms with Crippen molar-refractivity contribution in [3.8, 4) is 22.3 Å². The highest BCUT2D eigenvalue weighted by atomic mass is 32.1. The summed E-state index contributed by atoms with van der Waals surface area (Å²) < 4.78 is 15.2. The topological polar surface area (TPSA) is 18.5 Å². The van der Waals surface area contributed by atoms with Crippen molar-refractivity contribution < 1.29 is 9.31 Å². The fourth-order valence-electron chi connectivity index (χ4n) is 4.61. The molecule has 1 aliphatic rings. The van der Waals surface area contributed by atoms with Crippen LogP contribution in [-0.4, -0.2) is 18.3 Å². The fraction of sp³-hybridized carbons (Fsp3) is 0.200. The van der Waals surface area contributed by atoms with E-state index < -0.39 is 0 Å². The number of fused-ring (bicyclic) bond motifs is 3. The lowest BCUT2D eigenvalue weighted by Crippen LogP contribution is -2.41. The third kappa shape index (κ3) is 3.58. The molecule has 0 N–H and O–H groups in total. The van der Waals surface area contributed by atoms with Gasteiger partial charge in [-0.25, -0.2) is 0 Å². The third-order valence-electron chi connectivity index (χ3n) is 7.32. The zero-order valence-corrected chi connectivity index (χ0v) is 20.8. The number of hydrogen-bond donors (Lipinski definition) is 0. The molecule has 168 valence electrons. The Bertz CT molecular complexity index is 1500. The number of thiophene rings is 1. The lowest BCUT2D eigenvalue weighted by Gasteiger charge is -2.32. The first-order chi connectivity index (χ1) is 16.3. The summed E-state index contributed by atoms with van der Waals surface area (Å²) in [5.74, 6) is 0. The molecule has 4 aromatic carbocycles. The molecular weight excluding hydrogens is 435 g/mol. The molecule has 1 aromatic heterocycles. The maximum atomic E-state index is 6.32. The minimum Gasteiger partial charge on any atom is -0.399 e. The molecule has 0 aliphatic carbocycles. The first kappa shape index (κ1) is 21.6. The number of rotatable bonds is 3. The predicted molar refractivity (Wildman–Crippen MR) is 146 cm³/mol. The molecule has 0 amide bonds. The van der Waals surface area contributed by atoms with E-state index in [-0.39, 0.29) is 18.3 Å². The van der Waals surface area contributed by atoms with E-state index >= 15 is 0 Å². The van der Waals surface area contributed by atoms with Crippen molar-refractivity contribution in [3.63, 3.8) is 0 Å². The Balaban J connectivity index is 1.42. The Morgan fingerprint density at radius 2 is 1.12 bits per heavy atom. The Morgan fingerprint density at radius 3 is 1.82 bits per heavy atom. The van der Waals surface area contributed by atoms with E-state index in [0.717, 1.165) is 5.46 Å². The molecule has 1 aliphatic heterocycles. The highest BCUT2D eigenvalue weighted by Gasteiger charge is 2.51. The summed E-state index contributed by atoms with van der Waals surface area (Å²) in [6.07, 6.45) is 0. The van der Waals surface area contributed by atoms with Crippen LogP contribution < -0.4 is 5.46 Å². The smallest absolute Gasteiger partial charge is 0.399 e. The maximum Gasteiger partial charge on any atom is 0.494 e. The summed E-state index contributed by atoms with van der Waals surface area (Å²) >= 11 is 1.83. The fourth-order valence-corrected chi connectivity index (χ4v) is 5.68. The van der Waals surface area contributed by atoms with Crippen LogP contribution in [0.1, 0.15) is 27.7 Å². The molecule has 1 fully saturated rings. The van der Waals surface area contributed by atoms with Crippen molar-refractivity contribution >= 4 is 44.1 Å². The lowest BCUT2D eigenvalue weighted by molar-refractivity contribution is 0.00578. The highest BCUT2D eigenvalue weighted by molar-refractivity contribution is 7.25. The second-order valence-corrected chi connectivity index (χ2v) is 11.2. The van der Waals surface area contributed by atoms with Crippen LogP contribution in [0.4, 0.5) is 0 Å². The second-order valence-electron chi connectivity index (χ2n) is 10.1. The van der Waals surface area contributed by atoms with Gasteiger partial charge in [-0.2, -0.15) is 0 Å². The minimum absolute atomic E-state index is 0.347. The van der Waals surface area contributed by atoms with Crippen LogP contribution >= 0.6 is 11.3 Å². The second kappa shape index (κ2) is 7.81. The van der Waals surface area contributed by atoms with Crippen LogP contribution in [0, 0.1) is 0 Å². The van der Waals surface area contributed by atoms with Gasteiger partial charge in [0.15, 0.2) is 0 Å². The van der Waals surface area contributed by atoms with Gasteiger partial charge < -0.3 is 9.31 Å². The molecule has 5 aromatic rings. The molecule has 0 atom stereocenters. The van der Waals surface area contributed by atoms with Gasteiger partial charge in [0, 0.05) is 14.8 Å². The monoisotopic (exact) mass is 462 g/mol. The molecule has 34 heavy (non-hydrogen) atoms. The first-order valence-corrected chi connectivity index (χ1v) is 12.6. The summed E-state index contributed by atoms with van der Waals surface area (Å²) in [5, 5.41) is 2.54. The molecule has 0 unspecified atom stereocenters. The molecule has 2 heterocycles. The van der Waals surface area contributed by atoms with E-state index in [2.05, 4.69) is 119 Å². The number of benzene rings is 4. The summed E-state index contributed by atoms with van der Waals surface area (Å²) in [6.45, 7) is 8.39. The standard InChI is InChI=1S/C30H27BO2S/c1-29(2)30(3,4)33-31(32-29)24-14-16-28-26(19-24)25-18-23(13-15-27(25)34-28)22-12-8-11-21(17-22)20-9-6-5-7-10-20/h5-19H,1-4H3. The summed E-state index contributed by atoms with van der Waals surface area (Å²) in [7, 11) is -0.352. The lowest BCUT2D eigenvalue weighted by atomic mass is 9.78. The molecule has 1 saturated heterocycles. The van der Waals surface area contributed by atoms with Crippen molar-refractivity contribution in [2.24, 2.45) is 0 Å². The molecule has 2 nitrogen and oxygen atoms in total. The Hall–Kier alpha value is -2.92. The molecule has 4 heteroatoms. The van der Waals surface area contributed by atoms with Crippen molar-refractivity contribution in [1.29, 1.82) is 0 Å². The van der Waals surface area contributed by atoms with Gasteiger partial charge in [0.25, 0.3) is 0 Å². The van der Waals surface area contributed by atoms with E-state index in [9.17, 15) is 0 Å². The van der Waals surface area contributed by atoms with E-state index in [0.29, 0.717) is 0 Å². The molecule has 0 radical (unpaired) electrons. The van der Waals surface area contributed by atoms with Crippen molar-refractivity contribution in [2.45, 2.75) is 38.9 Å². The van der Waals surface area contributed by atoms with E-state index in [4.69, 9.17) is 9.31 Å². The van der Waals surface area contributed by atoms with E-state index in [1.165, 1.54) is 42.4 Å². The molecule has 6 rings (SSSR count). The maximum absolute atomic E-state index is 6.32. The quantitative estimate of drug-likeness (QED) is 0.256. The molecular formula is C30H27BO2S. The largest absolute Gasteiger partial charge is 0.494 e. The summed E-state index contributed by atoms with van der Waals surface area (Å²) in [4.78, 5) is 0. The van der Waals surface area contributed by atoms with Crippen LogP contribution in [0.5, 0.6) is 0 Å². The van der Waals surface area contributed by atoms with Gasteiger partial charge in [0.1, 0.15) is 0 Å². The zero-order valence-electron chi connectivity index (χ0n) is 20.0. The highest BCUT2D eigenvalue weighted by Crippen LogP contribution is 2.39. The van der Waals surface area contributed by atoms with Gasteiger partial charge >= 0.3 is 7.12 Å². The van der Waals surface area contributed by atoms with Gasteiger partial charge in [-0.05, 0) is 85.1 Å². The minimum atomic E-state index is -0.352. The van der Waals surface area contributed by atoms with Crippen LogP contribution in [0.3, 0.4) is 0 Å².